The predicted molar refractivity (Wildman–Crippen MR) is 85.7 cm³/mol. The molecule has 0 bridgehead atoms. The van der Waals surface area contributed by atoms with Crippen molar-refractivity contribution in [2.24, 2.45) is 0 Å². The second-order valence-corrected chi connectivity index (χ2v) is 6.54. The second kappa shape index (κ2) is 7.27. The lowest BCUT2D eigenvalue weighted by molar-refractivity contribution is 0.241. The summed E-state index contributed by atoms with van der Waals surface area (Å²) in [7, 11) is 0. The number of thiazole rings is 1. The van der Waals surface area contributed by atoms with Crippen LogP contribution in [0.3, 0.4) is 0 Å². The van der Waals surface area contributed by atoms with Gasteiger partial charge in [-0.1, -0.05) is 6.92 Å². The fraction of sp³-hybridized carbons (Fsp3) is 0.533. The minimum atomic E-state index is -0.858. The van der Waals surface area contributed by atoms with Crippen LogP contribution >= 0.6 is 11.3 Å². The molecule has 23 heavy (non-hydrogen) atoms. The van der Waals surface area contributed by atoms with E-state index in [0.717, 1.165) is 5.01 Å². The summed E-state index contributed by atoms with van der Waals surface area (Å²) in [6.07, 6.45) is 3.19. The normalized spacial score (nSPS) is 21.7. The first-order valence-electron chi connectivity index (χ1n) is 7.67. The number of rotatable bonds is 6. The van der Waals surface area contributed by atoms with Crippen LogP contribution in [0.5, 0.6) is 0 Å². The van der Waals surface area contributed by atoms with E-state index in [0.29, 0.717) is 38.2 Å². The Morgan fingerprint density at radius 1 is 1.39 bits per heavy atom. The molecule has 1 saturated heterocycles. The molecule has 3 rings (SSSR count). The number of likely N-dealkylation sites (tertiary alicyclic amines) is 1. The van der Waals surface area contributed by atoms with E-state index in [9.17, 15) is 8.78 Å². The molecular formula is C15H19F2N5S. The van der Waals surface area contributed by atoms with E-state index in [1.54, 1.807) is 17.5 Å². The Morgan fingerprint density at radius 2 is 2.26 bits per heavy atom. The number of halogens is 2. The maximum absolute atomic E-state index is 14.1. The van der Waals surface area contributed by atoms with Gasteiger partial charge in [0.25, 0.3) is 0 Å². The first kappa shape index (κ1) is 16.2. The van der Waals surface area contributed by atoms with E-state index >= 15 is 0 Å². The van der Waals surface area contributed by atoms with Gasteiger partial charge >= 0.3 is 0 Å². The Balaban J connectivity index is 1.64. The maximum atomic E-state index is 14.1. The molecule has 5 nitrogen and oxygen atoms in total. The highest BCUT2D eigenvalue weighted by molar-refractivity contribution is 7.09. The molecule has 8 heteroatoms. The molecule has 1 aliphatic rings. The molecule has 2 atom stereocenters. The van der Waals surface area contributed by atoms with Crippen LogP contribution in [0, 0.1) is 5.82 Å². The van der Waals surface area contributed by atoms with E-state index in [-0.39, 0.29) is 11.9 Å². The summed E-state index contributed by atoms with van der Waals surface area (Å²) in [6, 6.07) is -0.00616. The highest BCUT2D eigenvalue weighted by Gasteiger charge is 2.32. The SMILES string of the molecule is CCc1ncnc(NC[C@@H]2C[C@H](F)CN2Cc2nccs2)c1F. The van der Waals surface area contributed by atoms with E-state index in [4.69, 9.17) is 0 Å². The number of nitrogens with zero attached hydrogens (tertiary/aromatic N) is 4. The zero-order chi connectivity index (χ0) is 16.2. The topological polar surface area (TPSA) is 53.9 Å². The minimum absolute atomic E-state index is 0.00616. The third-order valence-corrected chi connectivity index (χ3v) is 4.76. The predicted octanol–water partition coefficient (Wildman–Crippen LogP) is 2.66. The summed E-state index contributed by atoms with van der Waals surface area (Å²) in [5.41, 5.74) is 0.386. The summed E-state index contributed by atoms with van der Waals surface area (Å²) in [5.74, 6) is -0.232. The highest BCUT2D eigenvalue weighted by atomic mass is 32.1. The van der Waals surface area contributed by atoms with E-state index in [1.807, 2.05) is 12.3 Å². The van der Waals surface area contributed by atoms with Crippen LogP contribution in [0.2, 0.25) is 0 Å². The Labute approximate surface area is 137 Å². The van der Waals surface area contributed by atoms with Crippen LogP contribution in [0.1, 0.15) is 24.0 Å². The molecule has 0 aliphatic carbocycles. The number of nitrogens with one attached hydrogen (secondary N) is 1. The van der Waals surface area contributed by atoms with Gasteiger partial charge in [0.15, 0.2) is 11.6 Å². The van der Waals surface area contributed by atoms with Crippen molar-refractivity contribution in [1.29, 1.82) is 0 Å². The molecule has 0 radical (unpaired) electrons. The molecule has 0 spiro atoms. The monoisotopic (exact) mass is 339 g/mol. The minimum Gasteiger partial charge on any atom is -0.366 e. The number of alkyl halides is 1. The van der Waals surface area contributed by atoms with Crippen molar-refractivity contribution in [2.75, 3.05) is 18.4 Å². The van der Waals surface area contributed by atoms with Gasteiger partial charge in [-0.3, -0.25) is 4.90 Å². The fourth-order valence-corrected chi connectivity index (χ4v) is 3.46. The molecule has 2 aromatic rings. The van der Waals surface area contributed by atoms with Gasteiger partial charge < -0.3 is 5.32 Å². The Kier molecular flexibility index (Phi) is 5.12. The lowest BCUT2D eigenvalue weighted by Crippen LogP contribution is -2.34. The summed E-state index contributed by atoms with van der Waals surface area (Å²) in [4.78, 5) is 14.2. The molecule has 0 amide bonds. The van der Waals surface area contributed by atoms with Crippen LogP contribution < -0.4 is 5.32 Å². The third kappa shape index (κ3) is 3.81. The van der Waals surface area contributed by atoms with Gasteiger partial charge in [0, 0.05) is 30.7 Å². The van der Waals surface area contributed by atoms with Gasteiger partial charge in [-0.15, -0.1) is 11.3 Å². The van der Waals surface area contributed by atoms with E-state index in [2.05, 4.69) is 25.2 Å². The van der Waals surface area contributed by atoms with E-state index in [1.165, 1.54) is 6.33 Å². The number of hydrogen-bond acceptors (Lipinski definition) is 6. The van der Waals surface area contributed by atoms with Crippen molar-refractivity contribution < 1.29 is 8.78 Å². The largest absolute Gasteiger partial charge is 0.366 e. The second-order valence-electron chi connectivity index (χ2n) is 5.56. The number of aromatic nitrogens is 3. The van der Waals surface area contributed by atoms with Gasteiger partial charge in [-0.25, -0.2) is 23.7 Å². The lowest BCUT2D eigenvalue weighted by atomic mass is 10.2. The number of aryl methyl sites for hydroxylation is 1. The average Bonchev–Trinajstić information content (AvgIpc) is 3.16. The molecule has 124 valence electrons. The summed E-state index contributed by atoms with van der Waals surface area (Å²) >= 11 is 1.56. The van der Waals surface area contributed by atoms with Gasteiger partial charge in [0.05, 0.1) is 12.2 Å². The van der Waals surface area contributed by atoms with Crippen LogP contribution in [0.15, 0.2) is 17.9 Å². The average molecular weight is 339 g/mol. The van der Waals surface area contributed by atoms with Crippen molar-refractivity contribution >= 4 is 17.2 Å². The van der Waals surface area contributed by atoms with Gasteiger partial charge in [0.2, 0.25) is 0 Å². The highest BCUT2D eigenvalue weighted by Crippen LogP contribution is 2.24. The molecule has 0 saturated carbocycles. The smallest absolute Gasteiger partial charge is 0.186 e. The molecule has 0 unspecified atom stereocenters. The van der Waals surface area contributed by atoms with Crippen molar-refractivity contribution in [3.8, 4) is 0 Å². The maximum Gasteiger partial charge on any atom is 0.186 e. The molecular weight excluding hydrogens is 320 g/mol. The summed E-state index contributed by atoms with van der Waals surface area (Å²) < 4.78 is 27.9. The van der Waals surface area contributed by atoms with Crippen LogP contribution in [0.25, 0.3) is 0 Å². The molecule has 1 aliphatic heterocycles. The molecule has 3 heterocycles. The summed E-state index contributed by atoms with van der Waals surface area (Å²) in [5, 5.41) is 5.88. The zero-order valence-corrected chi connectivity index (χ0v) is 13.7. The van der Waals surface area contributed by atoms with Crippen LogP contribution in [0.4, 0.5) is 14.6 Å². The fourth-order valence-electron chi connectivity index (χ4n) is 2.82. The Morgan fingerprint density at radius 3 is 3.00 bits per heavy atom. The Hall–Kier alpha value is -1.67. The van der Waals surface area contributed by atoms with Gasteiger partial charge in [0.1, 0.15) is 17.5 Å². The first-order chi connectivity index (χ1) is 11.2. The molecule has 0 aromatic carbocycles. The van der Waals surface area contributed by atoms with Gasteiger partial charge in [-0.05, 0) is 12.8 Å². The zero-order valence-electron chi connectivity index (χ0n) is 12.9. The van der Waals surface area contributed by atoms with Crippen molar-refractivity contribution in [2.45, 2.75) is 38.5 Å². The van der Waals surface area contributed by atoms with E-state index < -0.39 is 12.0 Å². The standard InChI is InChI=1S/C15H19F2N5S/c1-2-12-14(17)15(21-9-20-12)19-6-11-5-10(16)7-22(11)8-13-18-3-4-23-13/h3-4,9-11H,2,5-8H2,1H3,(H,19,20,21)/t10-,11-/m0/s1. The lowest BCUT2D eigenvalue weighted by Gasteiger charge is -2.23. The first-order valence-corrected chi connectivity index (χ1v) is 8.55. The van der Waals surface area contributed by atoms with Crippen molar-refractivity contribution in [1.82, 2.24) is 19.9 Å². The molecule has 2 aromatic heterocycles. The van der Waals surface area contributed by atoms with Crippen molar-refractivity contribution in [3.05, 3.63) is 34.4 Å². The number of hydrogen-bond donors (Lipinski definition) is 1. The number of anilines is 1. The Bertz CT molecular complexity index is 637. The third-order valence-electron chi connectivity index (χ3n) is 4.00. The summed E-state index contributed by atoms with van der Waals surface area (Å²) in [6.45, 7) is 3.30. The molecule has 1 fully saturated rings. The van der Waals surface area contributed by atoms with Crippen LogP contribution in [-0.2, 0) is 13.0 Å². The van der Waals surface area contributed by atoms with Crippen molar-refractivity contribution in [3.63, 3.8) is 0 Å². The quantitative estimate of drug-likeness (QED) is 0.877. The van der Waals surface area contributed by atoms with Gasteiger partial charge in [-0.2, -0.15) is 0 Å². The van der Waals surface area contributed by atoms with Crippen LogP contribution in [-0.4, -0.2) is 45.2 Å². The molecule has 1 N–H and O–H groups in total.